The summed E-state index contributed by atoms with van der Waals surface area (Å²) in [5.41, 5.74) is 2.73. The smallest absolute Gasteiger partial charge is 0.309 e. The third-order valence-corrected chi connectivity index (χ3v) is 3.44. The standard InChI is InChI=1S/C15H19NO2/c1-10-5-6-12-11(8-15(2,3)14(17)18)9-16(4)13(12)7-10/h5-7,9H,8H2,1-4H3,(H,17,18). The fourth-order valence-electron chi connectivity index (χ4n) is 2.27. The Morgan fingerprint density at radius 3 is 2.67 bits per heavy atom. The van der Waals surface area contributed by atoms with Crippen molar-refractivity contribution in [3.63, 3.8) is 0 Å². The lowest BCUT2D eigenvalue weighted by Crippen LogP contribution is -2.26. The van der Waals surface area contributed by atoms with Crippen molar-refractivity contribution >= 4 is 16.9 Å². The van der Waals surface area contributed by atoms with Gasteiger partial charge in [0.05, 0.1) is 5.41 Å². The largest absolute Gasteiger partial charge is 0.481 e. The lowest BCUT2D eigenvalue weighted by molar-refractivity contribution is -0.146. The molecule has 0 aliphatic heterocycles. The van der Waals surface area contributed by atoms with Gasteiger partial charge in [-0.15, -0.1) is 0 Å². The van der Waals surface area contributed by atoms with Crippen molar-refractivity contribution in [2.45, 2.75) is 27.2 Å². The highest BCUT2D eigenvalue weighted by Gasteiger charge is 2.28. The van der Waals surface area contributed by atoms with E-state index < -0.39 is 11.4 Å². The Bertz CT molecular complexity index is 608. The molecule has 0 spiro atoms. The molecule has 1 aromatic carbocycles. The number of aryl methyl sites for hydroxylation is 2. The molecule has 0 saturated heterocycles. The first-order chi connectivity index (χ1) is 8.31. The van der Waals surface area contributed by atoms with Gasteiger partial charge in [-0.3, -0.25) is 4.79 Å². The van der Waals surface area contributed by atoms with Gasteiger partial charge in [-0.1, -0.05) is 12.1 Å². The highest BCUT2D eigenvalue weighted by Crippen LogP contribution is 2.29. The topological polar surface area (TPSA) is 42.2 Å². The minimum absolute atomic E-state index is 0.544. The molecule has 0 saturated carbocycles. The molecule has 1 heterocycles. The number of hydrogen-bond donors (Lipinski definition) is 1. The van der Waals surface area contributed by atoms with Gasteiger partial charge in [0, 0.05) is 24.1 Å². The molecule has 0 atom stereocenters. The van der Waals surface area contributed by atoms with Crippen molar-refractivity contribution in [3.05, 3.63) is 35.5 Å². The molecule has 3 nitrogen and oxygen atoms in total. The third kappa shape index (κ3) is 2.13. The molecule has 0 amide bonds. The molecule has 2 aromatic rings. The van der Waals surface area contributed by atoms with E-state index in [4.69, 9.17) is 0 Å². The van der Waals surface area contributed by atoms with E-state index in [0.717, 1.165) is 16.5 Å². The maximum atomic E-state index is 11.2. The molecule has 0 radical (unpaired) electrons. The van der Waals surface area contributed by atoms with Crippen LogP contribution in [0.25, 0.3) is 10.9 Å². The average Bonchev–Trinajstić information content (AvgIpc) is 2.54. The molecule has 0 fully saturated rings. The molecule has 0 aliphatic carbocycles. The second-order valence-electron chi connectivity index (χ2n) is 5.65. The van der Waals surface area contributed by atoms with Crippen LogP contribution in [0.3, 0.4) is 0 Å². The SMILES string of the molecule is Cc1ccc2c(CC(C)(C)C(=O)O)cn(C)c2c1. The van der Waals surface area contributed by atoms with Crippen molar-refractivity contribution in [1.82, 2.24) is 4.57 Å². The van der Waals surface area contributed by atoms with Crippen molar-refractivity contribution in [2.24, 2.45) is 12.5 Å². The van der Waals surface area contributed by atoms with Crippen LogP contribution in [0.15, 0.2) is 24.4 Å². The number of carboxylic acids is 1. The van der Waals surface area contributed by atoms with E-state index in [2.05, 4.69) is 29.7 Å². The molecule has 3 heteroatoms. The molecular formula is C15H19NO2. The van der Waals surface area contributed by atoms with E-state index >= 15 is 0 Å². The second kappa shape index (κ2) is 4.16. The van der Waals surface area contributed by atoms with E-state index in [-0.39, 0.29) is 0 Å². The molecule has 1 aromatic heterocycles. The third-order valence-electron chi connectivity index (χ3n) is 3.44. The maximum Gasteiger partial charge on any atom is 0.309 e. The summed E-state index contributed by atoms with van der Waals surface area (Å²) in [6.45, 7) is 5.60. The van der Waals surface area contributed by atoms with Gasteiger partial charge < -0.3 is 9.67 Å². The molecule has 18 heavy (non-hydrogen) atoms. The van der Waals surface area contributed by atoms with Gasteiger partial charge in [0.25, 0.3) is 0 Å². The van der Waals surface area contributed by atoms with Crippen LogP contribution in [0, 0.1) is 12.3 Å². The minimum Gasteiger partial charge on any atom is -0.481 e. The summed E-state index contributed by atoms with van der Waals surface area (Å²) >= 11 is 0. The molecule has 96 valence electrons. The molecular weight excluding hydrogens is 226 g/mol. The normalized spacial score (nSPS) is 12.0. The molecule has 0 aliphatic rings. The lowest BCUT2D eigenvalue weighted by atomic mass is 9.86. The quantitative estimate of drug-likeness (QED) is 0.902. The average molecular weight is 245 g/mol. The Morgan fingerprint density at radius 1 is 1.39 bits per heavy atom. The van der Waals surface area contributed by atoms with Gasteiger partial charge in [0.1, 0.15) is 0 Å². The molecule has 0 unspecified atom stereocenters. The number of aromatic nitrogens is 1. The zero-order chi connectivity index (χ0) is 13.5. The fourth-order valence-corrected chi connectivity index (χ4v) is 2.27. The number of hydrogen-bond acceptors (Lipinski definition) is 1. The fraction of sp³-hybridized carbons (Fsp3) is 0.400. The number of carbonyl (C=O) groups is 1. The van der Waals surface area contributed by atoms with Crippen LogP contribution in [0.4, 0.5) is 0 Å². The summed E-state index contributed by atoms with van der Waals surface area (Å²) in [4.78, 5) is 11.2. The van der Waals surface area contributed by atoms with E-state index in [1.165, 1.54) is 5.56 Å². The van der Waals surface area contributed by atoms with Crippen molar-refractivity contribution < 1.29 is 9.90 Å². The van der Waals surface area contributed by atoms with Crippen LogP contribution in [0.5, 0.6) is 0 Å². The minimum atomic E-state index is -0.758. The Morgan fingerprint density at radius 2 is 2.06 bits per heavy atom. The predicted octanol–water partition coefficient (Wildman–Crippen LogP) is 3.14. The van der Waals surface area contributed by atoms with Gasteiger partial charge >= 0.3 is 5.97 Å². The Balaban J connectivity index is 2.50. The van der Waals surface area contributed by atoms with E-state index in [1.54, 1.807) is 13.8 Å². The summed E-state index contributed by atoms with van der Waals surface area (Å²) in [6.07, 6.45) is 2.58. The highest BCUT2D eigenvalue weighted by atomic mass is 16.4. The summed E-state index contributed by atoms with van der Waals surface area (Å²) in [5, 5.41) is 10.4. The first-order valence-electron chi connectivity index (χ1n) is 6.09. The van der Waals surface area contributed by atoms with Crippen LogP contribution in [-0.2, 0) is 18.3 Å². The number of rotatable bonds is 3. The van der Waals surface area contributed by atoms with Crippen LogP contribution in [0.2, 0.25) is 0 Å². The summed E-state index contributed by atoms with van der Waals surface area (Å²) < 4.78 is 2.07. The van der Waals surface area contributed by atoms with Gasteiger partial charge in [-0.25, -0.2) is 0 Å². The first-order valence-corrected chi connectivity index (χ1v) is 6.09. The Kier molecular flexibility index (Phi) is 2.93. The summed E-state index contributed by atoms with van der Waals surface area (Å²) in [6, 6.07) is 6.28. The summed E-state index contributed by atoms with van der Waals surface area (Å²) in [7, 11) is 2.00. The monoisotopic (exact) mass is 245 g/mol. The number of fused-ring (bicyclic) bond motifs is 1. The van der Waals surface area contributed by atoms with Gasteiger partial charge in [-0.2, -0.15) is 0 Å². The van der Waals surface area contributed by atoms with E-state index in [0.29, 0.717) is 6.42 Å². The van der Waals surface area contributed by atoms with Crippen LogP contribution >= 0.6 is 0 Å². The highest BCUT2D eigenvalue weighted by molar-refractivity contribution is 5.85. The van der Waals surface area contributed by atoms with Crippen molar-refractivity contribution in [1.29, 1.82) is 0 Å². The second-order valence-corrected chi connectivity index (χ2v) is 5.65. The zero-order valence-electron chi connectivity index (χ0n) is 11.3. The number of carboxylic acid groups (broad SMARTS) is 1. The Hall–Kier alpha value is -1.77. The van der Waals surface area contributed by atoms with E-state index in [1.807, 2.05) is 13.2 Å². The van der Waals surface area contributed by atoms with Crippen molar-refractivity contribution in [3.8, 4) is 0 Å². The van der Waals surface area contributed by atoms with Gasteiger partial charge in [0.15, 0.2) is 0 Å². The lowest BCUT2D eigenvalue weighted by Gasteiger charge is -2.18. The van der Waals surface area contributed by atoms with Gasteiger partial charge in [0.2, 0.25) is 0 Å². The number of nitrogens with zero attached hydrogens (tertiary/aromatic N) is 1. The summed E-state index contributed by atoms with van der Waals surface area (Å²) in [5.74, 6) is -0.758. The van der Waals surface area contributed by atoms with Crippen LogP contribution in [0.1, 0.15) is 25.0 Å². The number of benzene rings is 1. The zero-order valence-corrected chi connectivity index (χ0v) is 11.3. The Labute approximate surface area is 107 Å². The van der Waals surface area contributed by atoms with Crippen molar-refractivity contribution in [2.75, 3.05) is 0 Å². The molecule has 2 rings (SSSR count). The maximum absolute atomic E-state index is 11.2. The first kappa shape index (κ1) is 12.7. The van der Waals surface area contributed by atoms with Crippen LogP contribution < -0.4 is 0 Å². The molecule has 1 N–H and O–H groups in total. The predicted molar refractivity (Wildman–Crippen MR) is 72.8 cm³/mol. The number of aliphatic carboxylic acids is 1. The van der Waals surface area contributed by atoms with Gasteiger partial charge in [-0.05, 0) is 44.4 Å². The molecule has 0 bridgehead atoms. The van der Waals surface area contributed by atoms with E-state index in [9.17, 15) is 9.90 Å². The van der Waals surface area contributed by atoms with Crippen LogP contribution in [-0.4, -0.2) is 15.6 Å².